The second-order valence-corrected chi connectivity index (χ2v) is 10.3. The molecule has 31 heavy (non-hydrogen) atoms. The second-order valence-electron chi connectivity index (χ2n) is 7.22. The van der Waals surface area contributed by atoms with Crippen LogP contribution in [0.5, 0.6) is 0 Å². The number of hydrogen-bond donors (Lipinski definition) is 0. The number of esters is 1. The molecule has 0 saturated heterocycles. The average molecular weight is 461 g/mol. The van der Waals surface area contributed by atoms with Gasteiger partial charge in [-0.15, -0.1) is 0 Å². The normalized spacial score (nSPS) is 12.3. The molecule has 1 amide bonds. The lowest BCUT2D eigenvalue weighted by Gasteiger charge is -2.05. The Hall–Kier alpha value is -2.78. The van der Waals surface area contributed by atoms with Crippen molar-refractivity contribution in [2.75, 3.05) is 12.9 Å². The lowest BCUT2D eigenvalue weighted by atomic mass is 10.1. The molecule has 0 aliphatic rings. The maximum absolute atomic E-state index is 12.5. The van der Waals surface area contributed by atoms with Gasteiger partial charge in [0.2, 0.25) is 5.91 Å². The van der Waals surface area contributed by atoms with E-state index in [4.69, 9.17) is 4.74 Å². The van der Waals surface area contributed by atoms with E-state index in [1.54, 1.807) is 34.9 Å². The number of methoxy groups -OCH3 is 1. The van der Waals surface area contributed by atoms with Gasteiger partial charge < -0.3 is 9.30 Å². The number of rotatable bonds is 7. The number of nitrogens with zero attached hydrogens (tertiary/aromatic N) is 2. The summed E-state index contributed by atoms with van der Waals surface area (Å²) in [6.07, 6.45) is 0.163. The first-order valence-electron chi connectivity index (χ1n) is 9.74. The van der Waals surface area contributed by atoms with Gasteiger partial charge in [0, 0.05) is 6.42 Å². The van der Waals surface area contributed by atoms with Crippen LogP contribution >= 0.6 is 11.3 Å². The van der Waals surface area contributed by atoms with Crippen LogP contribution in [0.3, 0.4) is 0 Å². The molecule has 0 unspecified atom stereocenters. The van der Waals surface area contributed by atoms with E-state index in [1.165, 1.54) is 18.4 Å². The number of carbonyl (C=O) groups excluding carboxylic acids is 2. The van der Waals surface area contributed by atoms with Crippen LogP contribution in [0, 0.1) is 13.8 Å². The Morgan fingerprint density at radius 3 is 2.52 bits per heavy atom. The first kappa shape index (κ1) is 22.9. The van der Waals surface area contributed by atoms with Gasteiger partial charge in [0.25, 0.3) is 0 Å². The number of aryl methyl sites for hydroxylation is 2. The van der Waals surface area contributed by atoms with Crippen molar-refractivity contribution in [1.82, 2.24) is 4.57 Å². The number of amides is 1. The van der Waals surface area contributed by atoms with E-state index in [1.807, 2.05) is 26.0 Å². The van der Waals surface area contributed by atoms with Crippen molar-refractivity contribution in [3.05, 3.63) is 58.4 Å². The highest BCUT2D eigenvalue weighted by Crippen LogP contribution is 2.23. The quantitative estimate of drug-likeness (QED) is 0.505. The van der Waals surface area contributed by atoms with Crippen LogP contribution in [0.1, 0.15) is 24.0 Å². The molecule has 0 bridgehead atoms. The molecule has 1 heterocycles. The minimum absolute atomic E-state index is 0.00343. The number of carbonyl (C=O) groups is 2. The second kappa shape index (κ2) is 9.57. The van der Waals surface area contributed by atoms with Crippen LogP contribution in [0.2, 0.25) is 0 Å². The number of benzene rings is 2. The SMILES string of the molecule is COC(=O)Cn1c(=NC(=O)CCCS(=O)(=O)c2ccccc2)sc2c(C)cc(C)cc21. The first-order chi connectivity index (χ1) is 14.7. The zero-order chi connectivity index (χ0) is 22.6. The van der Waals surface area contributed by atoms with Crippen molar-refractivity contribution in [3.63, 3.8) is 0 Å². The van der Waals surface area contributed by atoms with Crippen molar-refractivity contribution in [2.45, 2.75) is 38.1 Å². The van der Waals surface area contributed by atoms with Crippen LogP contribution in [0.15, 0.2) is 52.4 Å². The molecule has 0 spiro atoms. The van der Waals surface area contributed by atoms with Crippen molar-refractivity contribution in [2.24, 2.45) is 4.99 Å². The van der Waals surface area contributed by atoms with Crippen LogP contribution < -0.4 is 4.80 Å². The van der Waals surface area contributed by atoms with Gasteiger partial charge in [0.1, 0.15) is 6.54 Å². The number of thiazole rings is 1. The van der Waals surface area contributed by atoms with E-state index in [-0.39, 0.29) is 30.0 Å². The Bertz CT molecular complexity index is 1290. The summed E-state index contributed by atoms with van der Waals surface area (Å²) in [5.74, 6) is -1.00. The molecule has 9 heteroatoms. The fourth-order valence-corrected chi connectivity index (χ4v) is 5.69. The van der Waals surface area contributed by atoms with Crippen molar-refractivity contribution >= 4 is 43.3 Å². The number of hydrogen-bond acceptors (Lipinski definition) is 6. The molecule has 7 nitrogen and oxygen atoms in total. The number of aromatic nitrogens is 1. The number of ether oxygens (including phenoxy) is 1. The molecular weight excluding hydrogens is 436 g/mol. The molecule has 0 saturated carbocycles. The van der Waals surface area contributed by atoms with E-state index in [2.05, 4.69) is 4.99 Å². The molecule has 1 aromatic heterocycles. The summed E-state index contributed by atoms with van der Waals surface area (Å²) in [5.41, 5.74) is 2.87. The molecule has 0 atom stereocenters. The predicted molar refractivity (Wildman–Crippen MR) is 120 cm³/mol. The van der Waals surface area contributed by atoms with Gasteiger partial charge in [-0.2, -0.15) is 4.99 Å². The molecule has 164 valence electrons. The molecule has 0 fully saturated rings. The summed E-state index contributed by atoms with van der Waals surface area (Å²) in [6, 6.07) is 12.1. The Kier molecular flexibility index (Phi) is 7.07. The van der Waals surface area contributed by atoms with Gasteiger partial charge in [-0.05, 0) is 49.6 Å². The zero-order valence-corrected chi connectivity index (χ0v) is 19.3. The summed E-state index contributed by atoms with van der Waals surface area (Å²) in [7, 11) is -2.14. The van der Waals surface area contributed by atoms with Crippen molar-refractivity contribution in [1.29, 1.82) is 0 Å². The van der Waals surface area contributed by atoms with Crippen LogP contribution in [-0.4, -0.2) is 37.7 Å². The highest BCUT2D eigenvalue weighted by atomic mass is 32.2. The molecule has 0 radical (unpaired) electrons. The summed E-state index contributed by atoms with van der Waals surface area (Å²) in [4.78, 5) is 29.2. The van der Waals surface area contributed by atoms with Crippen molar-refractivity contribution in [3.8, 4) is 0 Å². The van der Waals surface area contributed by atoms with Crippen molar-refractivity contribution < 1.29 is 22.7 Å². The Labute approximate surface area is 184 Å². The number of fused-ring (bicyclic) bond motifs is 1. The monoisotopic (exact) mass is 460 g/mol. The van der Waals surface area contributed by atoms with E-state index in [9.17, 15) is 18.0 Å². The van der Waals surface area contributed by atoms with E-state index < -0.39 is 21.7 Å². The van der Waals surface area contributed by atoms with Gasteiger partial charge in [0.05, 0.1) is 28.0 Å². The molecular formula is C22H24N2O5S2. The third-order valence-electron chi connectivity index (χ3n) is 4.76. The molecule has 3 aromatic rings. The molecule has 0 aliphatic heterocycles. The Morgan fingerprint density at radius 1 is 1.13 bits per heavy atom. The highest BCUT2D eigenvalue weighted by molar-refractivity contribution is 7.91. The summed E-state index contributed by atoms with van der Waals surface area (Å²) in [6.45, 7) is 3.87. The third kappa shape index (κ3) is 5.48. The van der Waals surface area contributed by atoms with Gasteiger partial charge in [-0.1, -0.05) is 35.6 Å². The molecule has 0 aliphatic carbocycles. The summed E-state index contributed by atoms with van der Waals surface area (Å²) < 4.78 is 32.1. The standard InChI is InChI=1S/C22H24N2O5S2/c1-15-12-16(2)21-18(13-15)24(14-20(26)29-3)22(30-21)23-19(25)10-7-11-31(27,28)17-8-5-4-6-9-17/h4-6,8-9,12-13H,7,10-11,14H2,1-3H3. The van der Waals surface area contributed by atoms with Gasteiger partial charge in [-0.25, -0.2) is 8.42 Å². The van der Waals surface area contributed by atoms with Gasteiger partial charge in [-0.3, -0.25) is 9.59 Å². The average Bonchev–Trinajstić information content (AvgIpc) is 3.05. The fraction of sp³-hybridized carbons (Fsp3) is 0.318. The number of sulfone groups is 1. The van der Waals surface area contributed by atoms with E-state index >= 15 is 0 Å². The van der Waals surface area contributed by atoms with Crippen LogP contribution in [-0.2, 0) is 30.7 Å². The topological polar surface area (TPSA) is 94.8 Å². The lowest BCUT2D eigenvalue weighted by molar-refractivity contribution is -0.141. The molecule has 2 aromatic carbocycles. The summed E-state index contributed by atoms with van der Waals surface area (Å²) >= 11 is 1.33. The smallest absolute Gasteiger partial charge is 0.325 e. The zero-order valence-electron chi connectivity index (χ0n) is 17.6. The fourth-order valence-electron chi connectivity index (χ4n) is 3.27. The Morgan fingerprint density at radius 2 is 1.84 bits per heavy atom. The first-order valence-corrected chi connectivity index (χ1v) is 12.2. The van der Waals surface area contributed by atoms with Gasteiger partial charge in [0.15, 0.2) is 14.6 Å². The largest absolute Gasteiger partial charge is 0.468 e. The summed E-state index contributed by atoms with van der Waals surface area (Å²) in [5, 5.41) is 0. The molecule has 3 rings (SSSR count). The minimum Gasteiger partial charge on any atom is -0.468 e. The molecule has 0 N–H and O–H groups in total. The van der Waals surface area contributed by atoms with Crippen LogP contribution in [0.4, 0.5) is 0 Å². The highest BCUT2D eigenvalue weighted by Gasteiger charge is 2.16. The van der Waals surface area contributed by atoms with E-state index in [0.717, 1.165) is 21.3 Å². The maximum atomic E-state index is 12.5. The third-order valence-corrected chi connectivity index (χ3v) is 7.80. The van der Waals surface area contributed by atoms with E-state index in [0.29, 0.717) is 4.80 Å². The van der Waals surface area contributed by atoms with Crippen LogP contribution in [0.25, 0.3) is 10.2 Å². The minimum atomic E-state index is -3.44. The predicted octanol–water partition coefficient (Wildman–Crippen LogP) is 3.17. The lowest BCUT2D eigenvalue weighted by Crippen LogP contribution is -2.22. The Balaban J connectivity index is 1.84. The maximum Gasteiger partial charge on any atom is 0.325 e. The van der Waals surface area contributed by atoms with Gasteiger partial charge >= 0.3 is 5.97 Å².